The monoisotopic (exact) mass is 424 g/mol. The standard InChI is InChI=1S/C20H20N6O5/c1-3-31-16-10-6-14(7-11-16)23-18-17(26(28)29)19(22-12-21-18)24-25-20(27)13-4-8-15(30-2)9-5-13/h4-12H,3H2,1-2H3,(H,25,27)(H2,21,22,23,24). The van der Waals surface area contributed by atoms with E-state index in [9.17, 15) is 14.9 Å². The molecule has 3 aromatic rings. The van der Waals surface area contributed by atoms with Crippen LogP contribution in [0.15, 0.2) is 54.9 Å². The van der Waals surface area contributed by atoms with Gasteiger partial charge in [-0.1, -0.05) is 0 Å². The Bertz CT molecular complexity index is 1060. The number of aromatic nitrogens is 2. The number of hydrazine groups is 1. The number of rotatable bonds is 9. The largest absolute Gasteiger partial charge is 0.497 e. The van der Waals surface area contributed by atoms with Crippen LogP contribution in [0.25, 0.3) is 0 Å². The summed E-state index contributed by atoms with van der Waals surface area (Å²) in [4.78, 5) is 31.2. The Hall–Kier alpha value is -4.41. The lowest BCUT2D eigenvalue weighted by Gasteiger charge is -2.11. The van der Waals surface area contributed by atoms with Crippen molar-refractivity contribution in [3.8, 4) is 11.5 Å². The maximum absolute atomic E-state index is 12.3. The Morgan fingerprint density at radius 1 is 1.03 bits per heavy atom. The van der Waals surface area contributed by atoms with Gasteiger partial charge in [-0.3, -0.25) is 25.8 Å². The highest BCUT2D eigenvalue weighted by Crippen LogP contribution is 2.31. The molecule has 3 rings (SSSR count). The third-order valence-corrected chi connectivity index (χ3v) is 4.08. The van der Waals surface area contributed by atoms with E-state index in [1.165, 1.54) is 7.11 Å². The van der Waals surface area contributed by atoms with E-state index in [2.05, 4.69) is 26.1 Å². The number of nitrogens with zero attached hydrogens (tertiary/aromatic N) is 3. The van der Waals surface area contributed by atoms with Gasteiger partial charge in [-0.15, -0.1) is 0 Å². The van der Waals surface area contributed by atoms with Crippen molar-refractivity contribution in [2.75, 3.05) is 24.5 Å². The molecule has 1 heterocycles. The van der Waals surface area contributed by atoms with Crippen molar-refractivity contribution in [1.29, 1.82) is 0 Å². The summed E-state index contributed by atoms with van der Waals surface area (Å²) in [6.07, 6.45) is 1.14. The fourth-order valence-corrected chi connectivity index (χ4v) is 2.60. The summed E-state index contributed by atoms with van der Waals surface area (Å²) in [6.45, 7) is 2.40. The molecule has 0 unspecified atom stereocenters. The van der Waals surface area contributed by atoms with Gasteiger partial charge in [0.05, 0.1) is 18.6 Å². The van der Waals surface area contributed by atoms with E-state index in [1.54, 1.807) is 48.5 Å². The van der Waals surface area contributed by atoms with Crippen molar-refractivity contribution in [3.63, 3.8) is 0 Å². The van der Waals surface area contributed by atoms with E-state index >= 15 is 0 Å². The molecule has 0 aliphatic carbocycles. The van der Waals surface area contributed by atoms with Gasteiger partial charge in [-0.25, -0.2) is 9.97 Å². The third kappa shape index (κ3) is 5.35. The van der Waals surface area contributed by atoms with Crippen LogP contribution in [-0.4, -0.2) is 34.5 Å². The minimum atomic E-state index is -0.640. The molecule has 1 amide bonds. The van der Waals surface area contributed by atoms with Crippen molar-refractivity contribution in [2.24, 2.45) is 0 Å². The Balaban J connectivity index is 1.76. The molecule has 11 heteroatoms. The van der Waals surface area contributed by atoms with Crippen LogP contribution in [0.1, 0.15) is 17.3 Å². The second-order valence-corrected chi connectivity index (χ2v) is 6.07. The lowest BCUT2D eigenvalue weighted by molar-refractivity contribution is -0.383. The van der Waals surface area contributed by atoms with Gasteiger partial charge in [-0.2, -0.15) is 0 Å². The van der Waals surface area contributed by atoms with Crippen LogP contribution in [0.5, 0.6) is 11.5 Å². The van der Waals surface area contributed by atoms with Crippen LogP contribution in [0.3, 0.4) is 0 Å². The molecule has 31 heavy (non-hydrogen) atoms. The Kier molecular flexibility index (Phi) is 6.78. The van der Waals surface area contributed by atoms with Crippen molar-refractivity contribution in [3.05, 3.63) is 70.5 Å². The highest BCUT2D eigenvalue weighted by molar-refractivity contribution is 5.95. The zero-order valence-electron chi connectivity index (χ0n) is 16.8. The van der Waals surface area contributed by atoms with E-state index in [4.69, 9.17) is 9.47 Å². The van der Waals surface area contributed by atoms with E-state index < -0.39 is 16.5 Å². The molecule has 0 aliphatic rings. The summed E-state index contributed by atoms with van der Waals surface area (Å²) in [5.74, 6) is 0.562. The van der Waals surface area contributed by atoms with Crippen LogP contribution in [0.4, 0.5) is 23.0 Å². The van der Waals surface area contributed by atoms with Gasteiger partial charge in [0, 0.05) is 11.3 Å². The number of nitrogens with one attached hydrogen (secondary N) is 3. The molecule has 3 N–H and O–H groups in total. The van der Waals surface area contributed by atoms with E-state index in [1.807, 2.05) is 6.92 Å². The SMILES string of the molecule is CCOc1ccc(Nc2ncnc(NNC(=O)c3ccc(OC)cc3)c2[N+](=O)[O-])cc1. The maximum atomic E-state index is 12.3. The molecule has 1 aromatic heterocycles. The number of anilines is 3. The zero-order chi connectivity index (χ0) is 22.2. The fraction of sp³-hybridized carbons (Fsp3) is 0.150. The molecule has 0 aliphatic heterocycles. The number of hydrogen-bond donors (Lipinski definition) is 3. The summed E-state index contributed by atoms with van der Waals surface area (Å²) in [6, 6.07) is 13.2. The fourth-order valence-electron chi connectivity index (χ4n) is 2.60. The van der Waals surface area contributed by atoms with Gasteiger partial charge >= 0.3 is 5.69 Å². The van der Waals surface area contributed by atoms with Crippen LogP contribution >= 0.6 is 0 Å². The average molecular weight is 424 g/mol. The zero-order valence-corrected chi connectivity index (χ0v) is 16.8. The first-order chi connectivity index (χ1) is 15.0. The number of methoxy groups -OCH3 is 1. The Morgan fingerprint density at radius 2 is 1.68 bits per heavy atom. The second-order valence-electron chi connectivity index (χ2n) is 6.07. The first-order valence-corrected chi connectivity index (χ1v) is 9.21. The predicted molar refractivity (Wildman–Crippen MR) is 114 cm³/mol. The summed E-state index contributed by atoms with van der Waals surface area (Å²) in [7, 11) is 1.52. The Labute approximate surface area is 177 Å². The number of ether oxygens (including phenoxy) is 2. The first kappa shape index (κ1) is 21.3. The topological polar surface area (TPSA) is 141 Å². The molecule has 11 nitrogen and oxygen atoms in total. The van der Waals surface area contributed by atoms with Gasteiger partial charge < -0.3 is 14.8 Å². The van der Waals surface area contributed by atoms with Crippen LogP contribution < -0.4 is 25.6 Å². The highest BCUT2D eigenvalue weighted by Gasteiger charge is 2.23. The summed E-state index contributed by atoms with van der Waals surface area (Å²) < 4.78 is 10.4. The van der Waals surface area contributed by atoms with Gasteiger partial charge in [0.2, 0.25) is 11.6 Å². The van der Waals surface area contributed by atoms with Crippen LogP contribution in [0, 0.1) is 10.1 Å². The average Bonchev–Trinajstić information content (AvgIpc) is 2.79. The molecule has 2 aromatic carbocycles. The maximum Gasteiger partial charge on any atom is 0.355 e. The lowest BCUT2D eigenvalue weighted by Crippen LogP contribution is -2.30. The summed E-state index contributed by atoms with van der Waals surface area (Å²) in [5, 5.41) is 14.5. The molecular weight excluding hydrogens is 404 g/mol. The molecule has 0 saturated carbocycles. The normalized spacial score (nSPS) is 10.1. The van der Waals surface area contributed by atoms with Gasteiger partial charge in [0.15, 0.2) is 0 Å². The van der Waals surface area contributed by atoms with Gasteiger partial charge in [0.25, 0.3) is 5.91 Å². The number of amides is 1. The molecule has 0 saturated heterocycles. The molecule has 0 radical (unpaired) electrons. The lowest BCUT2D eigenvalue weighted by atomic mass is 10.2. The third-order valence-electron chi connectivity index (χ3n) is 4.08. The Morgan fingerprint density at radius 3 is 2.29 bits per heavy atom. The molecule has 160 valence electrons. The number of nitro groups is 1. The second kappa shape index (κ2) is 9.87. The molecule has 0 bridgehead atoms. The van der Waals surface area contributed by atoms with Crippen molar-refractivity contribution < 1.29 is 19.2 Å². The predicted octanol–water partition coefficient (Wildman–Crippen LogP) is 3.29. The van der Waals surface area contributed by atoms with Crippen molar-refractivity contribution in [2.45, 2.75) is 6.92 Å². The molecule has 0 atom stereocenters. The van der Waals surface area contributed by atoms with E-state index in [0.717, 1.165) is 6.33 Å². The molecular formula is C20H20N6O5. The molecule has 0 spiro atoms. The quantitative estimate of drug-likeness (QED) is 0.348. The van der Waals surface area contributed by atoms with Gasteiger partial charge in [0.1, 0.15) is 17.8 Å². The van der Waals surface area contributed by atoms with Crippen LogP contribution in [-0.2, 0) is 0 Å². The van der Waals surface area contributed by atoms with Crippen LogP contribution in [0.2, 0.25) is 0 Å². The van der Waals surface area contributed by atoms with E-state index in [0.29, 0.717) is 29.4 Å². The van der Waals surface area contributed by atoms with E-state index in [-0.39, 0.29) is 11.6 Å². The smallest absolute Gasteiger partial charge is 0.355 e. The number of carbonyl (C=O) groups excluding carboxylic acids is 1. The highest BCUT2D eigenvalue weighted by atomic mass is 16.6. The van der Waals surface area contributed by atoms with Gasteiger partial charge in [-0.05, 0) is 55.5 Å². The molecule has 0 fully saturated rings. The number of hydrogen-bond acceptors (Lipinski definition) is 9. The minimum Gasteiger partial charge on any atom is -0.497 e. The van der Waals surface area contributed by atoms with Crippen molar-refractivity contribution >= 4 is 28.9 Å². The summed E-state index contributed by atoms with van der Waals surface area (Å²) >= 11 is 0. The van der Waals surface area contributed by atoms with Crippen molar-refractivity contribution in [1.82, 2.24) is 15.4 Å². The number of benzene rings is 2. The summed E-state index contributed by atoms with van der Waals surface area (Å²) in [5.41, 5.74) is 5.36. The number of carbonyl (C=O) groups is 1. The minimum absolute atomic E-state index is 0.0367. The first-order valence-electron chi connectivity index (χ1n) is 9.21.